The molecule has 0 aliphatic heterocycles. The minimum Gasteiger partial charge on any atom is -0.870 e. The average Bonchev–Trinajstić information content (AvgIpc) is 2.90. The Kier molecular flexibility index (Phi) is 4.67. The molecule has 1 amide bonds. The maximum Gasteiger partial charge on any atom is 0.351 e. The molecule has 23 heavy (non-hydrogen) atoms. The molecule has 0 atom stereocenters. The van der Waals surface area contributed by atoms with E-state index >= 15 is 0 Å². The van der Waals surface area contributed by atoms with Crippen LogP contribution < -0.4 is 10.00 Å². The van der Waals surface area contributed by atoms with Crippen molar-refractivity contribution in [3.8, 4) is 17.3 Å². The highest BCUT2D eigenvalue weighted by atomic mass is 16.3. The summed E-state index contributed by atoms with van der Waals surface area (Å²) in [4.78, 5) is 15.3. The summed E-state index contributed by atoms with van der Waals surface area (Å²) in [6, 6.07) is 10.7. The van der Waals surface area contributed by atoms with Crippen LogP contribution in [0.4, 0.5) is 5.69 Å². The summed E-state index contributed by atoms with van der Waals surface area (Å²) >= 11 is 0. The molecule has 0 spiro atoms. The van der Waals surface area contributed by atoms with Crippen LogP contribution in [0.3, 0.4) is 0 Å². The van der Waals surface area contributed by atoms with Crippen LogP contribution in [-0.4, -0.2) is 31.4 Å². The monoisotopic (exact) mass is 313 g/mol. The van der Waals surface area contributed by atoms with Crippen LogP contribution in [0.1, 0.15) is 6.92 Å². The van der Waals surface area contributed by atoms with E-state index in [1.54, 1.807) is 36.7 Å². The quantitative estimate of drug-likeness (QED) is 0.701. The fourth-order valence-electron chi connectivity index (χ4n) is 2.08. The number of benzene rings is 1. The number of anilines is 1. The van der Waals surface area contributed by atoms with Crippen molar-refractivity contribution in [3.63, 3.8) is 0 Å². The topological polar surface area (TPSA) is 114 Å². The number of hydrogen-bond donors (Lipinski definition) is 2. The number of pyridine rings is 1. The molecule has 0 saturated heterocycles. The van der Waals surface area contributed by atoms with Crippen LogP contribution in [0.15, 0.2) is 55.0 Å². The summed E-state index contributed by atoms with van der Waals surface area (Å²) in [7, 11) is 0. The van der Waals surface area contributed by atoms with Gasteiger partial charge in [0, 0.05) is 13.1 Å². The Morgan fingerprint density at radius 2 is 2.04 bits per heavy atom. The molecular formula is C15H15N5O3. The standard InChI is InChI=1S/C15H13N5O2.H2O/c1-11(21)17-13-6-2-3-7-14(13)19-10-15(22)20(18-19)12-5-4-8-16-9-12;/h2-10H,1H3,(H-,17,18,21,22);1H2. The second-order valence-corrected chi connectivity index (χ2v) is 4.64. The molecule has 0 bridgehead atoms. The van der Waals surface area contributed by atoms with Gasteiger partial charge in [-0.2, -0.15) is 0 Å². The molecule has 0 radical (unpaired) electrons. The molecule has 1 aromatic carbocycles. The van der Waals surface area contributed by atoms with Crippen LogP contribution in [0.2, 0.25) is 0 Å². The molecule has 0 aliphatic rings. The first-order valence-electron chi connectivity index (χ1n) is 6.63. The van der Waals surface area contributed by atoms with Crippen molar-refractivity contribution in [1.29, 1.82) is 0 Å². The lowest BCUT2D eigenvalue weighted by atomic mass is 10.2. The first kappa shape index (κ1) is 16.1. The number of carbonyl (C=O) groups is 1. The van der Waals surface area contributed by atoms with Crippen LogP contribution in [0.5, 0.6) is 5.88 Å². The Morgan fingerprint density at radius 1 is 1.26 bits per heavy atom. The Balaban J connectivity index is 0.00000192. The molecule has 0 saturated carbocycles. The second kappa shape index (κ2) is 6.67. The highest BCUT2D eigenvalue weighted by Gasteiger charge is 2.20. The Labute approximate surface area is 131 Å². The number of carbonyl (C=O) groups excluding carboxylic acids is 1. The molecule has 3 aromatic rings. The Hall–Kier alpha value is -3.26. The number of aromatic nitrogens is 4. The molecule has 2 aromatic heterocycles. The zero-order chi connectivity index (χ0) is 15.5. The van der Waals surface area contributed by atoms with E-state index in [4.69, 9.17) is 0 Å². The summed E-state index contributed by atoms with van der Waals surface area (Å²) in [5, 5.41) is 17.1. The SMILES string of the molecule is CC(=O)Nc1ccccc1-[n+]1cc(O)n(-c2cccnc2)n1.[OH-]. The van der Waals surface area contributed by atoms with Gasteiger partial charge in [0.05, 0.1) is 11.9 Å². The lowest BCUT2D eigenvalue weighted by Crippen LogP contribution is -2.34. The van der Waals surface area contributed by atoms with Crippen molar-refractivity contribution in [2.24, 2.45) is 0 Å². The molecule has 0 fully saturated rings. The van der Waals surface area contributed by atoms with Gasteiger partial charge in [-0.15, -0.1) is 0 Å². The van der Waals surface area contributed by atoms with Crippen molar-refractivity contribution in [2.75, 3.05) is 5.32 Å². The third kappa shape index (κ3) is 3.33. The van der Waals surface area contributed by atoms with E-state index in [9.17, 15) is 9.90 Å². The van der Waals surface area contributed by atoms with E-state index in [0.29, 0.717) is 17.1 Å². The number of nitrogens with zero attached hydrogens (tertiary/aromatic N) is 4. The highest BCUT2D eigenvalue weighted by molar-refractivity contribution is 5.90. The van der Waals surface area contributed by atoms with Crippen molar-refractivity contribution in [1.82, 2.24) is 14.9 Å². The predicted octanol–water partition coefficient (Wildman–Crippen LogP) is 1.03. The molecule has 3 N–H and O–H groups in total. The third-order valence-electron chi connectivity index (χ3n) is 2.99. The van der Waals surface area contributed by atoms with Crippen LogP contribution in [0.25, 0.3) is 11.4 Å². The van der Waals surface area contributed by atoms with E-state index in [1.165, 1.54) is 22.5 Å². The van der Waals surface area contributed by atoms with Crippen molar-refractivity contribution in [2.45, 2.75) is 6.92 Å². The van der Waals surface area contributed by atoms with Crippen LogP contribution in [0, 0.1) is 0 Å². The van der Waals surface area contributed by atoms with Gasteiger partial charge in [0.25, 0.3) is 0 Å². The zero-order valence-electron chi connectivity index (χ0n) is 12.3. The largest absolute Gasteiger partial charge is 0.870 e. The second-order valence-electron chi connectivity index (χ2n) is 4.64. The molecule has 8 heteroatoms. The normalized spacial score (nSPS) is 9.96. The van der Waals surface area contributed by atoms with E-state index in [-0.39, 0.29) is 17.3 Å². The van der Waals surface area contributed by atoms with Crippen molar-refractivity contribution < 1.29 is 20.1 Å². The van der Waals surface area contributed by atoms with Gasteiger partial charge < -0.3 is 15.9 Å². The summed E-state index contributed by atoms with van der Waals surface area (Å²) in [6.45, 7) is 1.44. The summed E-state index contributed by atoms with van der Waals surface area (Å²) in [6.07, 6.45) is 4.70. The van der Waals surface area contributed by atoms with Gasteiger partial charge in [-0.25, -0.2) is 0 Å². The molecule has 2 heterocycles. The average molecular weight is 313 g/mol. The van der Waals surface area contributed by atoms with Gasteiger partial charge in [0.15, 0.2) is 11.4 Å². The lowest BCUT2D eigenvalue weighted by molar-refractivity contribution is -0.660. The summed E-state index contributed by atoms with van der Waals surface area (Å²) in [5.41, 5.74) is 1.89. The summed E-state index contributed by atoms with van der Waals surface area (Å²) in [5.74, 6) is -0.213. The predicted molar refractivity (Wildman–Crippen MR) is 80.8 cm³/mol. The van der Waals surface area contributed by atoms with Gasteiger partial charge in [-0.1, -0.05) is 21.5 Å². The number of rotatable bonds is 3. The molecule has 118 valence electrons. The fourth-order valence-corrected chi connectivity index (χ4v) is 2.08. The first-order valence-corrected chi connectivity index (χ1v) is 6.63. The van der Waals surface area contributed by atoms with Gasteiger partial charge in [0.2, 0.25) is 12.1 Å². The molecule has 0 unspecified atom stereocenters. The van der Waals surface area contributed by atoms with Gasteiger partial charge >= 0.3 is 5.88 Å². The third-order valence-corrected chi connectivity index (χ3v) is 2.99. The van der Waals surface area contributed by atoms with E-state index < -0.39 is 0 Å². The maximum absolute atomic E-state index is 11.3. The van der Waals surface area contributed by atoms with Crippen molar-refractivity contribution >= 4 is 11.6 Å². The molecule has 0 aliphatic carbocycles. The number of amides is 1. The van der Waals surface area contributed by atoms with Gasteiger partial charge in [0.1, 0.15) is 5.21 Å². The Morgan fingerprint density at radius 3 is 2.74 bits per heavy atom. The van der Waals surface area contributed by atoms with Crippen molar-refractivity contribution in [3.05, 3.63) is 55.0 Å². The van der Waals surface area contributed by atoms with Crippen LogP contribution >= 0.6 is 0 Å². The first-order chi connectivity index (χ1) is 10.6. The van der Waals surface area contributed by atoms with E-state index in [2.05, 4.69) is 15.5 Å². The molecule has 3 rings (SSSR count). The maximum atomic E-state index is 11.3. The number of aromatic hydroxyl groups is 1. The van der Waals surface area contributed by atoms with Crippen LogP contribution in [-0.2, 0) is 4.79 Å². The smallest absolute Gasteiger partial charge is 0.351 e. The summed E-state index contributed by atoms with van der Waals surface area (Å²) < 4.78 is 2.85. The van der Waals surface area contributed by atoms with E-state index in [1.807, 2.05) is 12.1 Å². The minimum atomic E-state index is -0.177. The van der Waals surface area contributed by atoms with Gasteiger partial charge in [-0.05, 0) is 24.3 Å². The Bertz CT molecular complexity index is 817. The minimum absolute atomic E-state index is 0. The lowest BCUT2D eigenvalue weighted by Gasteiger charge is -2.04. The number of nitrogens with one attached hydrogen (secondary N) is 1. The zero-order valence-corrected chi connectivity index (χ0v) is 12.3. The molecular weight excluding hydrogens is 298 g/mol. The highest BCUT2D eigenvalue weighted by Crippen LogP contribution is 2.17. The number of hydrogen-bond acceptors (Lipinski definition) is 5. The van der Waals surface area contributed by atoms with Gasteiger partial charge in [-0.3, -0.25) is 9.78 Å². The van der Waals surface area contributed by atoms with E-state index in [0.717, 1.165) is 0 Å². The number of para-hydroxylation sites is 2. The molecule has 8 nitrogen and oxygen atoms in total. The fraction of sp³-hybridized carbons (Fsp3) is 0.0667.